The molecule has 2 rings (SSSR count). The third kappa shape index (κ3) is 3.00. The van der Waals surface area contributed by atoms with E-state index in [1.54, 1.807) is 0 Å². The fraction of sp³-hybridized carbons (Fsp3) is 0.385. The van der Waals surface area contributed by atoms with E-state index in [1.807, 2.05) is 32.0 Å². The summed E-state index contributed by atoms with van der Waals surface area (Å²) in [5.41, 5.74) is 8.10. The van der Waals surface area contributed by atoms with E-state index in [1.165, 1.54) is 11.0 Å². The lowest BCUT2D eigenvalue weighted by molar-refractivity contribution is -0.119. The highest BCUT2D eigenvalue weighted by atomic mass is 16.1. The van der Waals surface area contributed by atoms with Gasteiger partial charge >= 0.3 is 0 Å². The minimum Gasteiger partial charge on any atom is -0.330 e. The second-order valence-electron chi connectivity index (χ2n) is 4.58. The molecule has 3 N–H and O–H groups in total. The van der Waals surface area contributed by atoms with Gasteiger partial charge in [-0.2, -0.15) is 0 Å². The summed E-state index contributed by atoms with van der Waals surface area (Å²) in [5, 5.41) is 13.9. The molecule has 0 bridgehead atoms. The van der Waals surface area contributed by atoms with Crippen molar-refractivity contribution in [2.75, 3.05) is 11.9 Å². The average molecular weight is 274 g/mol. The molecule has 0 spiro atoms. The molecular formula is C13H18N6O. The smallest absolute Gasteiger partial charge is 0.228 e. The van der Waals surface area contributed by atoms with Crippen molar-refractivity contribution in [1.82, 2.24) is 20.2 Å². The largest absolute Gasteiger partial charge is 0.330 e. The first-order valence-electron chi connectivity index (χ1n) is 6.50. The Morgan fingerprint density at radius 3 is 2.90 bits per heavy atom. The highest BCUT2D eigenvalue weighted by Crippen LogP contribution is 2.20. The first kappa shape index (κ1) is 14.1. The predicted octanol–water partition coefficient (Wildman–Crippen LogP) is 0.894. The predicted molar refractivity (Wildman–Crippen MR) is 75.4 cm³/mol. The van der Waals surface area contributed by atoms with Crippen LogP contribution in [-0.2, 0) is 4.79 Å². The standard InChI is InChI=1S/C13H18N6O/c1-3-10(7-14)13(20)16-12-6-11(5-4-9(12)2)19-8-15-17-18-19/h4-6,8,10H,3,7,14H2,1-2H3,(H,16,20). The van der Waals surface area contributed by atoms with E-state index in [4.69, 9.17) is 5.73 Å². The molecule has 1 aromatic heterocycles. The van der Waals surface area contributed by atoms with Gasteiger partial charge < -0.3 is 11.1 Å². The maximum absolute atomic E-state index is 12.1. The summed E-state index contributed by atoms with van der Waals surface area (Å²) in [6, 6.07) is 5.64. The van der Waals surface area contributed by atoms with Gasteiger partial charge in [-0.3, -0.25) is 4.79 Å². The summed E-state index contributed by atoms with van der Waals surface area (Å²) in [7, 11) is 0. The first-order chi connectivity index (χ1) is 9.65. The molecule has 0 radical (unpaired) electrons. The molecule has 7 heteroatoms. The van der Waals surface area contributed by atoms with Gasteiger partial charge in [-0.15, -0.1) is 5.10 Å². The molecule has 2 aromatic rings. The summed E-state index contributed by atoms with van der Waals surface area (Å²) < 4.78 is 1.54. The van der Waals surface area contributed by atoms with E-state index < -0.39 is 0 Å². The van der Waals surface area contributed by atoms with E-state index >= 15 is 0 Å². The highest BCUT2D eigenvalue weighted by molar-refractivity contribution is 5.93. The highest BCUT2D eigenvalue weighted by Gasteiger charge is 2.15. The fourth-order valence-corrected chi connectivity index (χ4v) is 1.86. The summed E-state index contributed by atoms with van der Waals surface area (Å²) in [6.07, 6.45) is 2.22. The van der Waals surface area contributed by atoms with Crippen LogP contribution in [0.3, 0.4) is 0 Å². The number of rotatable bonds is 5. The van der Waals surface area contributed by atoms with Gasteiger partial charge in [0, 0.05) is 12.2 Å². The SMILES string of the molecule is CCC(CN)C(=O)Nc1cc(-n2cnnn2)ccc1C. The molecule has 1 aromatic carbocycles. The number of aryl methyl sites for hydroxylation is 1. The van der Waals surface area contributed by atoms with Crippen molar-refractivity contribution in [3.63, 3.8) is 0 Å². The molecule has 0 saturated carbocycles. The number of tetrazole rings is 1. The number of nitrogens with two attached hydrogens (primary N) is 1. The second-order valence-corrected chi connectivity index (χ2v) is 4.58. The molecule has 1 amide bonds. The van der Waals surface area contributed by atoms with Gasteiger partial charge in [-0.25, -0.2) is 4.68 Å². The molecule has 0 fully saturated rings. The lowest BCUT2D eigenvalue weighted by atomic mass is 10.1. The number of hydrogen-bond donors (Lipinski definition) is 2. The normalized spacial score (nSPS) is 12.2. The van der Waals surface area contributed by atoms with Crippen molar-refractivity contribution in [3.05, 3.63) is 30.1 Å². The molecule has 7 nitrogen and oxygen atoms in total. The van der Waals surface area contributed by atoms with E-state index in [9.17, 15) is 4.79 Å². The Balaban J connectivity index is 2.23. The lowest BCUT2D eigenvalue weighted by Crippen LogP contribution is -2.28. The number of hydrogen-bond acceptors (Lipinski definition) is 5. The second kappa shape index (κ2) is 6.25. The van der Waals surface area contributed by atoms with Crippen molar-refractivity contribution < 1.29 is 4.79 Å². The molecule has 1 atom stereocenters. The van der Waals surface area contributed by atoms with Crippen molar-refractivity contribution in [2.45, 2.75) is 20.3 Å². The molecule has 106 valence electrons. The first-order valence-corrected chi connectivity index (χ1v) is 6.50. The Bertz CT molecular complexity index is 577. The molecular weight excluding hydrogens is 256 g/mol. The molecule has 1 heterocycles. The van der Waals surface area contributed by atoms with Crippen LogP contribution in [0.5, 0.6) is 0 Å². The number of carbonyl (C=O) groups is 1. The molecule has 0 aliphatic rings. The zero-order valence-electron chi connectivity index (χ0n) is 11.6. The number of nitrogens with zero attached hydrogens (tertiary/aromatic N) is 4. The average Bonchev–Trinajstić information content (AvgIpc) is 2.96. The van der Waals surface area contributed by atoms with Crippen molar-refractivity contribution >= 4 is 11.6 Å². The Morgan fingerprint density at radius 1 is 1.50 bits per heavy atom. The van der Waals surface area contributed by atoms with Crippen LogP contribution in [0.4, 0.5) is 5.69 Å². The van der Waals surface area contributed by atoms with Gasteiger partial charge in [-0.1, -0.05) is 13.0 Å². The number of carbonyl (C=O) groups excluding carboxylic acids is 1. The van der Waals surface area contributed by atoms with Crippen LogP contribution in [-0.4, -0.2) is 32.7 Å². The number of nitrogens with one attached hydrogen (secondary N) is 1. The topological polar surface area (TPSA) is 98.7 Å². The minimum absolute atomic E-state index is 0.0630. The summed E-state index contributed by atoms with van der Waals surface area (Å²) in [5.74, 6) is -0.238. The zero-order valence-corrected chi connectivity index (χ0v) is 11.6. The number of aromatic nitrogens is 4. The van der Waals surface area contributed by atoms with E-state index in [0.717, 1.165) is 16.9 Å². The maximum Gasteiger partial charge on any atom is 0.228 e. The van der Waals surface area contributed by atoms with Gasteiger partial charge in [0.15, 0.2) is 0 Å². The van der Waals surface area contributed by atoms with Gasteiger partial charge in [0.25, 0.3) is 0 Å². The molecule has 0 aliphatic carbocycles. The fourth-order valence-electron chi connectivity index (χ4n) is 1.86. The Labute approximate surface area is 117 Å². The van der Waals surface area contributed by atoms with E-state index in [0.29, 0.717) is 13.0 Å². The van der Waals surface area contributed by atoms with Gasteiger partial charge in [0.05, 0.1) is 11.6 Å². The van der Waals surface area contributed by atoms with Crippen molar-refractivity contribution in [3.8, 4) is 5.69 Å². The summed E-state index contributed by atoms with van der Waals surface area (Å²) in [6.45, 7) is 4.22. The van der Waals surface area contributed by atoms with Crippen LogP contribution in [0.15, 0.2) is 24.5 Å². The third-order valence-corrected chi connectivity index (χ3v) is 3.24. The molecule has 0 saturated heterocycles. The van der Waals surface area contributed by atoms with Gasteiger partial charge in [0.2, 0.25) is 5.91 Å². The van der Waals surface area contributed by atoms with E-state index in [2.05, 4.69) is 20.8 Å². The van der Waals surface area contributed by atoms with Crippen LogP contribution in [0.25, 0.3) is 5.69 Å². The van der Waals surface area contributed by atoms with Crippen molar-refractivity contribution in [1.29, 1.82) is 0 Å². The van der Waals surface area contributed by atoms with Crippen LogP contribution in [0.2, 0.25) is 0 Å². The third-order valence-electron chi connectivity index (χ3n) is 3.24. The number of amides is 1. The Hall–Kier alpha value is -2.28. The maximum atomic E-state index is 12.1. The van der Waals surface area contributed by atoms with Gasteiger partial charge in [0.1, 0.15) is 6.33 Å². The monoisotopic (exact) mass is 274 g/mol. The van der Waals surface area contributed by atoms with Crippen molar-refractivity contribution in [2.24, 2.45) is 11.7 Å². The van der Waals surface area contributed by atoms with E-state index in [-0.39, 0.29) is 11.8 Å². The summed E-state index contributed by atoms with van der Waals surface area (Å²) in [4.78, 5) is 12.1. The van der Waals surface area contributed by atoms with Gasteiger partial charge in [-0.05, 0) is 41.5 Å². The van der Waals surface area contributed by atoms with Crippen LogP contribution < -0.4 is 11.1 Å². The number of anilines is 1. The summed E-state index contributed by atoms with van der Waals surface area (Å²) >= 11 is 0. The molecule has 0 aliphatic heterocycles. The van der Waals surface area contributed by atoms with Crippen LogP contribution in [0.1, 0.15) is 18.9 Å². The van der Waals surface area contributed by atoms with Crippen LogP contribution in [0, 0.1) is 12.8 Å². The zero-order chi connectivity index (χ0) is 14.5. The Kier molecular flexibility index (Phi) is 4.41. The molecule has 20 heavy (non-hydrogen) atoms. The quantitative estimate of drug-likeness (QED) is 0.843. The Morgan fingerprint density at radius 2 is 2.30 bits per heavy atom. The minimum atomic E-state index is -0.175. The van der Waals surface area contributed by atoms with Crippen LogP contribution >= 0.6 is 0 Å². The number of benzene rings is 1. The molecule has 1 unspecified atom stereocenters. The lowest BCUT2D eigenvalue weighted by Gasteiger charge is -2.15.